The largest absolute Gasteiger partial charge is 0.327 e. The molecule has 1 aromatic carbocycles. The van der Waals surface area contributed by atoms with Crippen LogP contribution in [0.25, 0.3) is 0 Å². The van der Waals surface area contributed by atoms with Gasteiger partial charge in [-0.15, -0.1) is 0 Å². The molecular weight excluding hydrogens is 260 g/mol. The van der Waals surface area contributed by atoms with E-state index in [1.54, 1.807) is 24.3 Å². The summed E-state index contributed by atoms with van der Waals surface area (Å²) in [7, 11) is 1.49. The molecule has 2 rings (SSSR count). The lowest BCUT2D eigenvalue weighted by Crippen LogP contribution is -2.38. The van der Waals surface area contributed by atoms with Crippen molar-refractivity contribution in [1.82, 2.24) is 9.80 Å². The minimum absolute atomic E-state index is 0.0269. The number of anilines is 1. The lowest BCUT2D eigenvalue weighted by Gasteiger charge is -2.14. The summed E-state index contributed by atoms with van der Waals surface area (Å²) in [6, 6.07) is 7.95. The number of likely N-dealkylation sites (N-methyl/N-ethyl adjacent to an activating group) is 1. The Kier molecular flexibility index (Phi) is 3.66. The fourth-order valence-corrected chi connectivity index (χ4v) is 1.85. The van der Waals surface area contributed by atoms with Gasteiger partial charge in [0.1, 0.15) is 19.2 Å². The summed E-state index contributed by atoms with van der Waals surface area (Å²) >= 11 is 0. The van der Waals surface area contributed by atoms with Crippen LogP contribution in [0, 0.1) is 11.3 Å². The molecule has 0 atom stereocenters. The van der Waals surface area contributed by atoms with Crippen molar-refractivity contribution in [3.63, 3.8) is 0 Å². The van der Waals surface area contributed by atoms with E-state index in [1.807, 2.05) is 6.07 Å². The molecule has 1 N–H and O–H groups in total. The van der Waals surface area contributed by atoms with E-state index < -0.39 is 17.8 Å². The highest BCUT2D eigenvalue weighted by Gasteiger charge is 2.34. The van der Waals surface area contributed by atoms with Crippen LogP contribution in [0.15, 0.2) is 24.3 Å². The standard InChI is InChI=1S/C13H12N4O3/c1-16-8-12(19)17(13(16)20)7-11(18)15-10-5-3-2-4-9(10)6-14/h2-5H,7-8H2,1H3,(H,15,18). The highest BCUT2D eigenvalue weighted by molar-refractivity contribution is 6.06. The van der Waals surface area contributed by atoms with Gasteiger partial charge in [0.2, 0.25) is 5.91 Å². The number of hydrogen-bond acceptors (Lipinski definition) is 4. The number of urea groups is 1. The summed E-state index contributed by atoms with van der Waals surface area (Å²) in [6.07, 6.45) is 0. The first-order valence-corrected chi connectivity index (χ1v) is 5.87. The number of nitrogens with one attached hydrogen (secondary N) is 1. The van der Waals surface area contributed by atoms with Gasteiger partial charge in [-0.2, -0.15) is 5.26 Å². The lowest BCUT2D eigenvalue weighted by atomic mass is 10.2. The van der Waals surface area contributed by atoms with Crippen molar-refractivity contribution in [3.8, 4) is 6.07 Å². The van der Waals surface area contributed by atoms with Gasteiger partial charge in [-0.05, 0) is 12.1 Å². The van der Waals surface area contributed by atoms with E-state index in [4.69, 9.17) is 5.26 Å². The first kappa shape index (κ1) is 13.5. The lowest BCUT2D eigenvalue weighted by molar-refractivity contribution is -0.129. The molecule has 7 heteroatoms. The Morgan fingerprint density at radius 2 is 2.10 bits per heavy atom. The van der Waals surface area contributed by atoms with Crippen molar-refractivity contribution in [2.75, 3.05) is 25.5 Å². The zero-order chi connectivity index (χ0) is 14.7. The quantitative estimate of drug-likeness (QED) is 0.805. The van der Waals surface area contributed by atoms with Crippen molar-refractivity contribution in [2.24, 2.45) is 0 Å². The molecule has 1 saturated heterocycles. The van der Waals surface area contributed by atoms with Crippen LogP contribution in [0.2, 0.25) is 0 Å². The third kappa shape index (κ3) is 2.59. The number of benzene rings is 1. The summed E-state index contributed by atoms with van der Waals surface area (Å²) in [6.45, 7) is -0.386. The van der Waals surface area contributed by atoms with E-state index in [2.05, 4.69) is 5.32 Å². The second-order valence-electron chi connectivity index (χ2n) is 4.32. The second-order valence-corrected chi connectivity index (χ2v) is 4.32. The molecule has 20 heavy (non-hydrogen) atoms. The molecule has 0 unspecified atom stereocenters. The molecule has 1 heterocycles. The van der Waals surface area contributed by atoms with Crippen molar-refractivity contribution < 1.29 is 14.4 Å². The number of nitrogens with zero attached hydrogens (tertiary/aromatic N) is 3. The molecule has 0 aliphatic carbocycles. The Bertz CT molecular complexity index is 620. The highest BCUT2D eigenvalue weighted by Crippen LogP contribution is 2.14. The third-order valence-electron chi connectivity index (χ3n) is 2.85. The summed E-state index contributed by atoms with van der Waals surface area (Å²) in [5.74, 6) is -0.939. The van der Waals surface area contributed by atoms with Gasteiger partial charge in [0.05, 0.1) is 11.3 Å². The zero-order valence-corrected chi connectivity index (χ0v) is 10.8. The maximum absolute atomic E-state index is 11.8. The summed E-state index contributed by atoms with van der Waals surface area (Å²) < 4.78 is 0. The Balaban J connectivity index is 2.05. The molecule has 0 radical (unpaired) electrons. The fourth-order valence-electron chi connectivity index (χ4n) is 1.85. The molecule has 102 valence electrons. The summed E-state index contributed by atoms with van der Waals surface area (Å²) in [5.41, 5.74) is 0.671. The number of amides is 4. The molecule has 1 aromatic rings. The molecule has 1 aliphatic rings. The maximum atomic E-state index is 11.8. The zero-order valence-electron chi connectivity index (χ0n) is 10.8. The predicted molar refractivity (Wildman–Crippen MR) is 69.5 cm³/mol. The topological polar surface area (TPSA) is 93.5 Å². The van der Waals surface area contributed by atoms with Crippen LogP contribution in [0.3, 0.4) is 0 Å². The number of nitriles is 1. The fraction of sp³-hybridized carbons (Fsp3) is 0.231. The maximum Gasteiger partial charge on any atom is 0.327 e. The normalized spacial score (nSPS) is 14.4. The number of imide groups is 1. The van der Waals surface area contributed by atoms with Crippen LogP contribution in [0.1, 0.15) is 5.56 Å². The monoisotopic (exact) mass is 272 g/mol. The van der Waals surface area contributed by atoms with Gasteiger partial charge in [-0.1, -0.05) is 12.1 Å². The Hall–Kier alpha value is -2.88. The van der Waals surface area contributed by atoms with Crippen LogP contribution in [0.4, 0.5) is 10.5 Å². The SMILES string of the molecule is CN1CC(=O)N(CC(=O)Nc2ccccc2C#N)C1=O. The number of para-hydroxylation sites is 1. The van der Waals surface area contributed by atoms with Crippen LogP contribution in [-0.4, -0.2) is 47.8 Å². The number of hydrogen-bond donors (Lipinski definition) is 1. The molecular formula is C13H12N4O3. The van der Waals surface area contributed by atoms with E-state index in [0.29, 0.717) is 11.3 Å². The van der Waals surface area contributed by atoms with Crippen LogP contribution >= 0.6 is 0 Å². The molecule has 0 spiro atoms. The molecule has 7 nitrogen and oxygen atoms in total. The molecule has 1 fully saturated rings. The van der Waals surface area contributed by atoms with E-state index in [9.17, 15) is 14.4 Å². The summed E-state index contributed by atoms with van der Waals surface area (Å²) in [4.78, 5) is 37.1. The average Bonchev–Trinajstić information content (AvgIpc) is 2.66. The molecule has 0 aromatic heterocycles. The van der Waals surface area contributed by atoms with Crippen molar-refractivity contribution >= 4 is 23.5 Å². The Morgan fingerprint density at radius 1 is 1.40 bits per heavy atom. The second kappa shape index (κ2) is 5.40. The van der Waals surface area contributed by atoms with Gasteiger partial charge in [-0.25, -0.2) is 4.79 Å². The van der Waals surface area contributed by atoms with E-state index in [1.165, 1.54) is 11.9 Å². The average molecular weight is 272 g/mol. The predicted octanol–water partition coefficient (Wildman–Crippen LogP) is 0.391. The summed E-state index contributed by atoms with van der Waals surface area (Å²) in [5, 5.41) is 11.4. The minimum Gasteiger partial charge on any atom is -0.323 e. The van der Waals surface area contributed by atoms with Crippen molar-refractivity contribution in [1.29, 1.82) is 5.26 Å². The molecule has 0 saturated carbocycles. The van der Waals surface area contributed by atoms with Crippen LogP contribution < -0.4 is 5.32 Å². The van der Waals surface area contributed by atoms with E-state index in [0.717, 1.165) is 4.90 Å². The van der Waals surface area contributed by atoms with Crippen LogP contribution in [0.5, 0.6) is 0 Å². The minimum atomic E-state index is -0.523. The molecule has 1 aliphatic heterocycles. The molecule has 0 bridgehead atoms. The van der Waals surface area contributed by atoms with Crippen molar-refractivity contribution in [2.45, 2.75) is 0 Å². The van der Waals surface area contributed by atoms with Crippen molar-refractivity contribution in [3.05, 3.63) is 29.8 Å². The molecule has 4 amide bonds. The number of carbonyl (C=O) groups is 3. The van der Waals surface area contributed by atoms with E-state index in [-0.39, 0.29) is 13.1 Å². The Morgan fingerprint density at radius 3 is 2.70 bits per heavy atom. The van der Waals surface area contributed by atoms with Gasteiger partial charge in [0, 0.05) is 7.05 Å². The van der Waals surface area contributed by atoms with Crippen LogP contribution in [-0.2, 0) is 9.59 Å². The smallest absolute Gasteiger partial charge is 0.323 e. The Labute approximate surface area is 115 Å². The third-order valence-corrected chi connectivity index (χ3v) is 2.85. The van der Waals surface area contributed by atoms with E-state index >= 15 is 0 Å². The first-order valence-electron chi connectivity index (χ1n) is 5.87. The van der Waals surface area contributed by atoms with Gasteiger partial charge in [0.25, 0.3) is 5.91 Å². The van der Waals surface area contributed by atoms with Gasteiger partial charge in [-0.3, -0.25) is 14.5 Å². The van der Waals surface area contributed by atoms with Gasteiger partial charge in [0.15, 0.2) is 0 Å². The van der Waals surface area contributed by atoms with Gasteiger partial charge < -0.3 is 10.2 Å². The first-order chi connectivity index (χ1) is 9.52. The number of carbonyl (C=O) groups excluding carboxylic acids is 3. The highest BCUT2D eigenvalue weighted by atomic mass is 16.2. The van der Waals surface area contributed by atoms with Gasteiger partial charge >= 0.3 is 6.03 Å². The number of rotatable bonds is 3.